The SMILES string of the molecule is CCOC(=O)c1cccc(C2CCN([C@@H]3CC[C@](C(C)=O)(C(=O)N4COc5ccc(CF)cc5C4)C3)CC2)c1. The van der Waals surface area contributed by atoms with E-state index in [2.05, 4.69) is 11.0 Å². The maximum Gasteiger partial charge on any atom is 0.338 e. The number of carbonyl (C=O) groups is 3. The number of likely N-dealkylation sites (tertiary alicyclic amines) is 1. The van der Waals surface area contributed by atoms with Crippen LogP contribution in [0.4, 0.5) is 4.39 Å². The number of benzene rings is 2. The molecule has 1 amide bonds. The second kappa shape index (κ2) is 11.5. The number of ether oxygens (including phenoxy) is 2. The first kappa shape index (κ1) is 27.3. The summed E-state index contributed by atoms with van der Waals surface area (Å²) in [5.74, 6) is 0.450. The molecule has 0 spiro atoms. The first-order chi connectivity index (χ1) is 18.8. The maximum absolute atomic E-state index is 13.8. The van der Waals surface area contributed by atoms with Gasteiger partial charge >= 0.3 is 5.97 Å². The molecular weight excluding hydrogens is 499 g/mol. The van der Waals surface area contributed by atoms with Crippen LogP contribution in [-0.4, -0.2) is 59.9 Å². The number of nitrogens with zero attached hydrogens (tertiary/aromatic N) is 2. The molecular formula is C31H37FN2O5. The van der Waals surface area contributed by atoms with Crippen molar-refractivity contribution in [2.24, 2.45) is 5.41 Å². The van der Waals surface area contributed by atoms with Crippen LogP contribution in [0.25, 0.3) is 0 Å². The Bertz CT molecular complexity index is 1240. The third kappa shape index (κ3) is 5.44. The molecule has 1 saturated carbocycles. The van der Waals surface area contributed by atoms with E-state index in [0.717, 1.165) is 43.5 Å². The highest BCUT2D eigenvalue weighted by atomic mass is 19.1. The molecule has 2 aromatic carbocycles. The summed E-state index contributed by atoms with van der Waals surface area (Å²) in [6, 6.07) is 13.1. The van der Waals surface area contributed by atoms with Crippen molar-refractivity contribution in [3.05, 3.63) is 64.7 Å². The quantitative estimate of drug-likeness (QED) is 0.366. The van der Waals surface area contributed by atoms with Crippen molar-refractivity contribution in [2.45, 2.75) is 71.1 Å². The average Bonchev–Trinajstić information content (AvgIpc) is 3.43. The third-order valence-electron chi connectivity index (χ3n) is 8.79. The molecule has 0 radical (unpaired) electrons. The summed E-state index contributed by atoms with van der Waals surface area (Å²) in [5.41, 5.74) is 2.01. The number of amides is 1. The number of Topliss-reactive ketones (excluding diaryl/α,β-unsaturated/α-hetero) is 1. The van der Waals surface area contributed by atoms with E-state index in [1.807, 2.05) is 12.1 Å². The smallest absolute Gasteiger partial charge is 0.338 e. The molecule has 0 aromatic heterocycles. The van der Waals surface area contributed by atoms with E-state index < -0.39 is 12.1 Å². The van der Waals surface area contributed by atoms with Crippen LogP contribution < -0.4 is 4.74 Å². The molecule has 39 heavy (non-hydrogen) atoms. The lowest BCUT2D eigenvalue weighted by molar-refractivity contribution is -0.152. The van der Waals surface area contributed by atoms with E-state index in [4.69, 9.17) is 9.47 Å². The van der Waals surface area contributed by atoms with Gasteiger partial charge in [-0.3, -0.25) is 9.59 Å². The summed E-state index contributed by atoms with van der Waals surface area (Å²) in [6.07, 6.45) is 3.75. The topological polar surface area (TPSA) is 76.2 Å². The summed E-state index contributed by atoms with van der Waals surface area (Å²) in [6.45, 7) is 5.29. The van der Waals surface area contributed by atoms with Crippen LogP contribution in [-0.2, 0) is 27.5 Å². The lowest BCUT2D eigenvalue weighted by Gasteiger charge is -2.38. The molecule has 0 N–H and O–H groups in total. The van der Waals surface area contributed by atoms with Crippen LogP contribution in [0.1, 0.15) is 78.9 Å². The van der Waals surface area contributed by atoms with Crippen molar-refractivity contribution in [1.29, 1.82) is 0 Å². The van der Waals surface area contributed by atoms with E-state index in [9.17, 15) is 18.8 Å². The van der Waals surface area contributed by atoms with Gasteiger partial charge in [0.1, 0.15) is 23.6 Å². The van der Waals surface area contributed by atoms with Crippen molar-refractivity contribution in [3.8, 4) is 5.75 Å². The van der Waals surface area contributed by atoms with Crippen molar-refractivity contribution < 1.29 is 28.2 Å². The van der Waals surface area contributed by atoms with Gasteiger partial charge in [0.15, 0.2) is 6.73 Å². The second-order valence-corrected chi connectivity index (χ2v) is 11.0. The van der Waals surface area contributed by atoms with Gasteiger partial charge in [-0.2, -0.15) is 0 Å². The van der Waals surface area contributed by atoms with Gasteiger partial charge in [-0.1, -0.05) is 18.2 Å². The molecule has 3 aliphatic rings. The van der Waals surface area contributed by atoms with E-state index in [-0.39, 0.29) is 30.4 Å². The van der Waals surface area contributed by atoms with E-state index in [0.29, 0.717) is 48.8 Å². The number of alkyl halides is 1. The molecule has 5 rings (SSSR count). The predicted molar refractivity (Wildman–Crippen MR) is 144 cm³/mol. The highest BCUT2D eigenvalue weighted by Gasteiger charge is 2.52. The minimum absolute atomic E-state index is 0.0935. The Morgan fingerprint density at radius 3 is 2.62 bits per heavy atom. The number of halogens is 1. The van der Waals surface area contributed by atoms with Crippen molar-refractivity contribution >= 4 is 17.7 Å². The standard InChI is InChI=1S/C31H37FN2O5/c1-3-38-29(36)25-6-4-5-24(16-25)23-10-13-33(14-11-23)27-9-12-31(17-27,21(2)35)30(37)34-19-26-15-22(18-32)7-8-28(26)39-20-34/h4-8,15-16,23,27H,3,9-14,17-20H2,1-2H3/t27-,31+/m1/s1. The number of fused-ring (bicyclic) bond motifs is 1. The van der Waals surface area contributed by atoms with Gasteiger partial charge in [0.2, 0.25) is 5.91 Å². The fourth-order valence-corrected chi connectivity index (χ4v) is 6.54. The van der Waals surface area contributed by atoms with Gasteiger partial charge in [0.25, 0.3) is 0 Å². The molecule has 1 saturated heterocycles. The highest BCUT2D eigenvalue weighted by molar-refractivity contribution is 6.05. The molecule has 0 bridgehead atoms. The fraction of sp³-hybridized carbons (Fsp3) is 0.516. The Balaban J connectivity index is 1.23. The van der Waals surface area contributed by atoms with Crippen LogP contribution in [0, 0.1) is 5.41 Å². The highest BCUT2D eigenvalue weighted by Crippen LogP contribution is 2.45. The normalized spacial score (nSPS) is 23.7. The van der Waals surface area contributed by atoms with Gasteiger partial charge < -0.3 is 19.3 Å². The van der Waals surface area contributed by atoms with Crippen LogP contribution in [0.3, 0.4) is 0 Å². The molecule has 8 heteroatoms. The van der Waals surface area contributed by atoms with Gasteiger partial charge in [-0.05, 0) is 100 Å². The number of esters is 1. The van der Waals surface area contributed by atoms with Crippen LogP contribution >= 0.6 is 0 Å². The minimum atomic E-state index is -1.05. The molecule has 2 aliphatic heterocycles. The third-order valence-corrected chi connectivity index (χ3v) is 8.79. The van der Waals surface area contributed by atoms with Crippen LogP contribution in [0.5, 0.6) is 5.75 Å². The molecule has 208 valence electrons. The summed E-state index contributed by atoms with van der Waals surface area (Å²) >= 11 is 0. The number of carbonyl (C=O) groups excluding carboxylic acids is 3. The molecule has 0 unspecified atom stereocenters. The summed E-state index contributed by atoms with van der Waals surface area (Å²) < 4.78 is 24.2. The zero-order valence-corrected chi connectivity index (χ0v) is 22.8. The predicted octanol–water partition coefficient (Wildman–Crippen LogP) is 5.02. The lowest BCUT2D eigenvalue weighted by atomic mass is 9.80. The first-order valence-electron chi connectivity index (χ1n) is 14.0. The molecule has 1 aliphatic carbocycles. The Morgan fingerprint density at radius 2 is 1.90 bits per heavy atom. The molecule has 7 nitrogen and oxygen atoms in total. The Kier molecular flexibility index (Phi) is 8.03. The largest absolute Gasteiger partial charge is 0.473 e. The number of hydrogen-bond donors (Lipinski definition) is 0. The Labute approximate surface area is 229 Å². The zero-order chi connectivity index (χ0) is 27.6. The van der Waals surface area contributed by atoms with Crippen LogP contribution in [0.15, 0.2) is 42.5 Å². The fourth-order valence-electron chi connectivity index (χ4n) is 6.54. The Hall–Kier alpha value is -3.26. The van der Waals surface area contributed by atoms with Gasteiger partial charge in [-0.25, -0.2) is 9.18 Å². The first-order valence-corrected chi connectivity index (χ1v) is 14.0. The van der Waals surface area contributed by atoms with Crippen molar-refractivity contribution in [2.75, 3.05) is 26.4 Å². The lowest BCUT2D eigenvalue weighted by Crippen LogP contribution is -2.50. The van der Waals surface area contributed by atoms with Crippen LogP contribution in [0.2, 0.25) is 0 Å². The van der Waals surface area contributed by atoms with Gasteiger partial charge in [0.05, 0.1) is 18.7 Å². The number of ketones is 1. The summed E-state index contributed by atoms with van der Waals surface area (Å²) in [7, 11) is 0. The van der Waals surface area contributed by atoms with Crippen molar-refractivity contribution in [1.82, 2.24) is 9.80 Å². The van der Waals surface area contributed by atoms with E-state index in [1.165, 1.54) is 6.92 Å². The molecule has 2 aromatic rings. The molecule has 2 atom stereocenters. The number of piperidine rings is 1. The summed E-state index contributed by atoms with van der Waals surface area (Å²) in [5, 5.41) is 0. The minimum Gasteiger partial charge on any atom is -0.473 e. The van der Waals surface area contributed by atoms with Gasteiger partial charge in [0, 0.05) is 11.6 Å². The summed E-state index contributed by atoms with van der Waals surface area (Å²) in [4.78, 5) is 43.0. The van der Waals surface area contributed by atoms with E-state index >= 15 is 0 Å². The Morgan fingerprint density at radius 1 is 1.10 bits per heavy atom. The number of rotatable bonds is 7. The average molecular weight is 537 g/mol. The van der Waals surface area contributed by atoms with Gasteiger partial charge in [-0.15, -0.1) is 0 Å². The molecule has 2 heterocycles. The molecule has 2 fully saturated rings. The zero-order valence-electron chi connectivity index (χ0n) is 22.8. The number of hydrogen-bond acceptors (Lipinski definition) is 6. The monoisotopic (exact) mass is 536 g/mol. The maximum atomic E-state index is 13.8. The second-order valence-electron chi connectivity index (χ2n) is 11.0. The van der Waals surface area contributed by atoms with Crippen molar-refractivity contribution in [3.63, 3.8) is 0 Å². The van der Waals surface area contributed by atoms with E-state index in [1.54, 1.807) is 36.1 Å².